The van der Waals surface area contributed by atoms with E-state index >= 15 is 0 Å². The molecule has 0 rings (SSSR count). The Morgan fingerprint density at radius 3 is 1.14 bits per heavy atom. The Balaban J connectivity index is 4.20. The van der Waals surface area contributed by atoms with Gasteiger partial charge in [0.1, 0.15) is 19.8 Å². The number of unbranched alkanes of at least 4 members (excludes halogenated alkanes) is 17. The Bertz CT molecular complexity index is 1550. The maximum absolute atomic E-state index is 12.8. The third-order valence-electron chi connectivity index (χ3n) is 11.3. The van der Waals surface area contributed by atoms with Gasteiger partial charge in [-0.25, -0.2) is 4.57 Å². The van der Waals surface area contributed by atoms with E-state index in [4.69, 9.17) is 18.5 Å². The lowest BCUT2D eigenvalue weighted by Crippen LogP contribution is -2.37. The quantitative estimate of drug-likeness (QED) is 0.0211. The van der Waals surface area contributed by atoms with E-state index in [2.05, 4.69) is 123 Å². The number of esters is 2. The molecule has 1 N–H and O–H groups in total. The molecule has 0 aromatic rings. The first-order valence-corrected chi connectivity index (χ1v) is 29.1. The van der Waals surface area contributed by atoms with Gasteiger partial charge in [0.2, 0.25) is 0 Å². The Labute approximate surface area is 429 Å². The zero-order valence-electron chi connectivity index (χ0n) is 45.2. The number of likely N-dealkylation sites (N-methyl/N-ethyl adjacent to an activating group) is 1. The zero-order valence-corrected chi connectivity index (χ0v) is 46.1. The highest BCUT2D eigenvalue weighted by molar-refractivity contribution is 7.47. The molecule has 70 heavy (non-hydrogen) atoms. The molecule has 0 heterocycles. The van der Waals surface area contributed by atoms with E-state index in [0.29, 0.717) is 23.9 Å². The number of carbonyl (C=O) groups is 2. The summed E-state index contributed by atoms with van der Waals surface area (Å²) in [4.78, 5) is 35.6. The SMILES string of the molecule is CC/C=C\C/C=C\C/C=C\C/C=C\C/C=C\CCCCCCCCCCCCCCCC(=O)OC(COC(=O)CCCCCC/C=C\C/C=C\C/C=C\C/C=C\CC)COP(=O)(O)OCC[N+](C)(C)C. The molecule has 0 radical (unpaired) electrons. The van der Waals surface area contributed by atoms with Gasteiger partial charge in [-0.2, -0.15) is 0 Å². The standard InChI is InChI=1S/C60H102NO8P/c1-6-8-10-12-14-16-18-20-22-24-25-26-27-28-29-30-31-32-33-34-35-37-39-41-43-45-47-49-51-53-60(63)69-58(57-68-70(64,65)67-55-54-61(3,4)5)56-66-59(62)52-50-48-46-44-42-40-38-36-23-21-19-17-15-13-11-9-7-2/h8-11,14-17,20-23,25-26,28-29,38,40,58H,6-7,12-13,18-19,24,27,30-37,39,41-57H2,1-5H3/p+1/b10-8-,11-9-,16-14-,17-15-,22-20-,23-21-,26-25-,29-28-,40-38-. The molecule has 2 unspecified atom stereocenters. The molecular weight excluding hydrogens is 894 g/mol. The van der Waals surface area contributed by atoms with Crippen molar-refractivity contribution in [3.05, 3.63) is 109 Å². The van der Waals surface area contributed by atoms with E-state index in [9.17, 15) is 19.0 Å². The number of allylic oxidation sites excluding steroid dienone is 18. The van der Waals surface area contributed by atoms with Crippen LogP contribution in [0.1, 0.15) is 206 Å². The maximum atomic E-state index is 12.8. The van der Waals surface area contributed by atoms with Gasteiger partial charge in [-0.1, -0.05) is 207 Å². The first-order chi connectivity index (χ1) is 34.0. The number of phosphoric acid groups is 1. The van der Waals surface area contributed by atoms with Crippen LogP contribution < -0.4 is 0 Å². The molecule has 9 nitrogen and oxygen atoms in total. The highest BCUT2D eigenvalue weighted by Crippen LogP contribution is 2.43. The second kappa shape index (κ2) is 50.6. The Morgan fingerprint density at radius 1 is 0.443 bits per heavy atom. The van der Waals surface area contributed by atoms with Crippen molar-refractivity contribution >= 4 is 19.8 Å². The number of carbonyl (C=O) groups excluding carboxylic acids is 2. The van der Waals surface area contributed by atoms with Crippen molar-refractivity contribution in [1.29, 1.82) is 0 Å². The minimum Gasteiger partial charge on any atom is -0.462 e. The summed E-state index contributed by atoms with van der Waals surface area (Å²) >= 11 is 0. The molecule has 400 valence electrons. The van der Waals surface area contributed by atoms with Crippen LogP contribution >= 0.6 is 7.82 Å². The van der Waals surface area contributed by atoms with Gasteiger partial charge in [-0.15, -0.1) is 0 Å². The number of phosphoric ester groups is 1. The summed E-state index contributed by atoms with van der Waals surface area (Å²) in [6.07, 6.45) is 70.1. The Kier molecular flexibility index (Phi) is 48.2. The number of hydrogen-bond acceptors (Lipinski definition) is 7. The number of quaternary nitrogens is 1. The van der Waals surface area contributed by atoms with Crippen LogP contribution in [0.15, 0.2) is 109 Å². The summed E-state index contributed by atoms with van der Waals surface area (Å²) < 4.78 is 34.5. The van der Waals surface area contributed by atoms with Crippen LogP contribution in [0.2, 0.25) is 0 Å². The fourth-order valence-electron chi connectivity index (χ4n) is 7.09. The summed E-state index contributed by atoms with van der Waals surface area (Å²) in [6, 6.07) is 0. The van der Waals surface area contributed by atoms with Gasteiger partial charge < -0.3 is 18.9 Å². The topological polar surface area (TPSA) is 108 Å². The summed E-state index contributed by atoms with van der Waals surface area (Å²) in [6.45, 7) is 4.16. The predicted molar refractivity (Wildman–Crippen MR) is 298 cm³/mol. The van der Waals surface area contributed by atoms with E-state index in [0.717, 1.165) is 103 Å². The van der Waals surface area contributed by atoms with Crippen LogP contribution in [0.4, 0.5) is 0 Å². The molecule has 0 fully saturated rings. The summed E-state index contributed by atoms with van der Waals surface area (Å²) in [5.41, 5.74) is 0. The Morgan fingerprint density at radius 2 is 0.771 bits per heavy atom. The van der Waals surface area contributed by atoms with E-state index in [1.165, 1.54) is 64.2 Å². The van der Waals surface area contributed by atoms with Crippen molar-refractivity contribution in [3.8, 4) is 0 Å². The van der Waals surface area contributed by atoms with Crippen molar-refractivity contribution in [1.82, 2.24) is 0 Å². The van der Waals surface area contributed by atoms with Gasteiger partial charge in [0.15, 0.2) is 6.10 Å². The fraction of sp³-hybridized carbons (Fsp3) is 0.667. The average Bonchev–Trinajstić information content (AvgIpc) is 3.32. The van der Waals surface area contributed by atoms with Gasteiger partial charge >= 0.3 is 19.8 Å². The maximum Gasteiger partial charge on any atom is 0.472 e. The second-order valence-corrected chi connectivity index (χ2v) is 20.7. The molecule has 0 aliphatic rings. The second-order valence-electron chi connectivity index (χ2n) is 19.2. The minimum atomic E-state index is -4.40. The molecule has 0 aromatic heterocycles. The van der Waals surface area contributed by atoms with E-state index < -0.39 is 32.5 Å². The third-order valence-corrected chi connectivity index (χ3v) is 12.3. The lowest BCUT2D eigenvalue weighted by Gasteiger charge is -2.24. The highest BCUT2D eigenvalue weighted by Gasteiger charge is 2.27. The van der Waals surface area contributed by atoms with Gasteiger partial charge in [-0.05, 0) is 96.3 Å². The number of ether oxygens (including phenoxy) is 2. The minimum absolute atomic E-state index is 0.0219. The van der Waals surface area contributed by atoms with Gasteiger partial charge in [0, 0.05) is 12.8 Å². The van der Waals surface area contributed by atoms with Crippen molar-refractivity contribution in [2.45, 2.75) is 213 Å². The number of hydrogen-bond donors (Lipinski definition) is 1. The van der Waals surface area contributed by atoms with Crippen LogP contribution in [0.3, 0.4) is 0 Å². The van der Waals surface area contributed by atoms with Crippen molar-refractivity contribution in [2.75, 3.05) is 47.5 Å². The molecule has 0 saturated heterocycles. The first kappa shape index (κ1) is 66.7. The van der Waals surface area contributed by atoms with Crippen LogP contribution in [-0.2, 0) is 32.7 Å². The largest absolute Gasteiger partial charge is 0.472 e. The molecule has 0 aromatic carbocycles. The summed E-state index contributed by atoms with van der Waals surface area (Å²) in [5.74, 6) is -0.832. The van der Waals surface area contributed by atoms with E-state index in [1.807, 2.05) is 21.1 Å². The molecule has 0 aliphatic carbocycles. The van der Waals surface area contributed by atoms with Gasteiger partial charge in [0.25, 0.3) is 0 Å². The fourth-order valence-corrected chi connectivity index (χ4v) is 7.83. The zero-order chi connectivity index (χ0) is 51.3. The normalized spacial score (nSPS) is 14.2. The summed E-state index contributed by atoms with van der Waals surface area (Å²) in [7, 11) is 1.45. The highest BCUT2D eigenvalue weighted by atomic mass is 31.2. The summed E-state index contributed by atoms with van der Waals surface area (Å²) in [5, 5.41) is 0. The van der Waals surface area contributed by atoms with Crippen LogP contribution in [-0.4, -0.2) is 74.9 Å². The van der Waals surface area contributed by atoms with Crippen molar-refractivity contribution in [2.24, 2.45) is 0 Å². The molecule has 0 amide bonds. The third kappa shape index (κ3) is 54.0. The number of nitrogens with zero attached hydrogens (tertiary/aromatic N) is 1. The average molecular weight is 997 g/mol. The van der Waals surface area contributed by atoms with Gasteiger partial charge in [0.05, 0.1) is 27.7 Å². The van der Waals surface area contributed by atoms with Crippen LogP contribution in [0.25, 0.3) is 0 Å². The molecule has 2 atom stereocenters. The molecule has 0 spiro atoms. The van der Waals surface area contributed by atoms with Crippen LogP contribution in [0, 0.1) is 0 Å². The predicted octanol–water partition coefficient (Wildman–Crippen LogP) is 17.0. The number of rotatable bonds is 49. The first-order valence-electron chi connectivity index (χ1n) is 27.6. The Hall–Kier alpha value is -3.33. The smallest absolute Gasteiger partial charge is 0.462 e. The van der Waals surface area contributed by atoms with Crippen LogP contribution in [0.5, 0.6) is 0 Å². The van der Waals surface area contributed by atoms with Crippen molar-refractivity contribution in [3.63, 3.8) is 0 Å². The van der Waals surface area contributed by atoms with Gasteiger partial charge in [-0.3, -0.25) is 18.6 Å². The molecule has 0 bridgehead atoms. The lowest BCUT2D eigenvalue weighted by atomic mass is 10.0. The lowest BCUT2D eigenvalue weighted by molar-refractivity contribution is -0.870. The van der Waals surface area contributed by atoms with E-state index in [-0.39, 0.29) is 26.1 Å². The molecule has 10 heteroatoms. The molecule has 0 aliphatic heterocycles. The monoisotopic (exact) mass is 997 g/mol. The molecule has 0 saturated carbocycles. The molecular formula is C60H103NO8P+. The van der Waals surface area contributed by atoms with Crippen molar-refractivity contribution < 1.29 is 42.1 Å². The van der Waals surface area contributed by atoms with E-state index in [1.54, 1.807) is 0 Å².